The monoisotopic (exact) mass is 174 g/mol. The minimum Gasteiger partial charge on any atom is -0.347 e. The van der Waals surface area contributed by atoms with E-state index in [9.17, 15) is 0 Å². The van der Waals surface area contributed by atoms with Crippen LogP contribution in [0.25, 0.3) is 10.9 Å². The number of para-hydroxylation sites is 1. The van der Waals surface area contributed by atoms with Crippen LogP contribution in [0, 0.1) is 0 Å². The molecule has 0 aliphatic heterocycles. The third-order valence-corrected chi connectivity index (χ3v) is 2.43. The molecule has 2 nitrogen and oxygen atoms in total. The zero-order valence-corrected chi connectivity index (χ0v) is 7.83. The van der Waals surface area contributed by atoms with E-state index in [1.165, 1.54) is 16.5 Å². The van der Waals surface area contributed by atoms with Crippen molar-refractivity contribution in [2.24, 2.45) is 5.73 Å². The van der Waals surface area contributed by atoms with Gasteiger partial charge in [-0.25, -0.2) is 0 Å². The maximum Gasteiger partial charge on any atom is 0.0525 e. The number of benzene rings is 1. The number of hydrogen-bond donors (Lipinski definition) is 1. The number of nitrogens with zero attached hydrogens (tertiary/aromatic N) is 1. The molecule has 1 aromatic carbocycles. The highest BCUT2D eigenvalue weighted by molar-refractivity contribution is 5.83. The van der Waals surface area contributed by atoms with E-state index < -0.39 is 0 Å². The number of fused-ring (bicyclic) bond motifs is 1. The van der Waals surface area contributed by atoms with Crippen LogP contribution in [0.4, 0.5) is 0 Å². The van der Waals surface area contributed by atoms with Gasteiger partial charge < -0.3 is 10.3 Å². The second-order valence-electron chi connectivity index (χ2n) is 3.16. The molecule has 2 rings (SSSR count). The van der Waals surface area contributed by atoms with Gasteiger partial charge in [0.25, 0.3) is 0 Å². The van der Waals surface area contributed by atoms with E-state index in [2.05, 4.69) is 42.0 Å². The second-order valence-corrected chi connectivity index (χ2v) is 3.16. The van der Waals surface area contributed by atoms with Crippen LogP contribution in [0.1, 0.15) is 12.5 Å². The zero-order chi connectivity index (χ0) is 9.26. The summed E-state index contributed by atoms with van der Waals surface area (Å²) < 4.78 is 2.23. The number of nitrogens with two attached hydrogens (primary N) is 1. The van der Waals surface area contributed by atoms with Gasteiger partial charge in [-0.3, -0.25) is 0 Å². The van der Waals surface area contributed by atoms with Crippen LogP contribution < -0.4 is 5.73 Å². The van der Waals surface area contributed by atoms with Crippen molar-refractivity contribution in [3.05, 3.63) is 36.0 Å². The number of hydrogen-bond acceptors (Lipinski definition) is 1. The summed E-state index contributed by atoms with van der Waals surface area (Å²) in [6, 6.07) is 8.41. The summed E-state index contributed by atoms with van der Waals surface area (Å²) in [7, 11) is 0. The standard InChI is InChI=1S/C11H14N2/c1-2-13-7-6-9-4-3-5-10(8-12)11(9)13/h3-7H,2,8,12H2,1H3. The molecule has 0 bridgehead atoms. The first-order valence-corrected chi connectivity index (χ1v) is 4.63. The fraction of sp³-hybridized carbons (Fsp3) is 0.273. The lowest BCUT2D eigenvalue weighted by Gasteiger charge is -2.05. The van der Waals surface area contributed by atoms with Crippen LogP contribution >= 0.6 is 0 Å². The molecule has 2 heteroatoms. The fourth-order valence-corrected chi connectivity index (χ4v) is 1.77. The normalized spacial score (nSPS) is 10.9. The maximum atomic E-state index is 5.69. The highest BCUT2D eigenvalue weighted by Crippen LogP contribution is 2.19. The van der Waals surface area contributed by atoms with Gasteiger partial charge in [-0.05, 0) is 23.9 Å². The molecular formula is C11H14N2. The van der Waals surface area contributed by atoms with Crippen molar-refractivity contribution in [3.8, 4) is 0 Å². The second kappa shape index (κ2) is 3.23. The predicted octanol–water partition coefficient (Wildman–Crippen LogP) is 2.12. The topological polar surface area (TPSA) is 30.9 Å². The first kappa shape index (κ1) is 8.32. The van der Waals surface area contributed by atoms with E-state index >= 15 is 0 Å². The molecule has 0 saturated heterocycles. The molecular weight excluding hydrogens is 160 g/mol. The summed E-state index contributed by atoms with van der Waals surface area (Å²) in [5, 5.41) is 1.28. The van der Waals surface area contributed by atoms with Gasteiger partial charge in [0, 0.05) is 19.3 Å². The summed E-state index contributed by atoms with van der Waals surface area (Å²) in [6.45, 7) is 3.76. The molecule has 0 spiro atoms. The third-order valence-electron chi connectivity index (χ3n) is 2.43. The van der Waals surface area contributed by atoms with Gasteiger partial charge in [-0.1, -0.05) is 18.2 Å². The average molecular weight is 174 g/mol. The van der Waals surface area contributed by atoms with Gasteiger partial charge in [0.15, 0.2) is 0 Å². The van der Waals surface area contributed by atoms with Crippen LogP contribution in [0.15, 0.2) is 30.5 Å². The number of rotatable bonds is 2. The Balaban J connectivity index is 2.76. The Morgan fingerprint density at radius 1 is 1.31 bits per heavy atom. The Kier molecular flexibility index (Phi) is 2.07. The molecule has 0 radical (unpaired) electrons. The first-order valence-electron chi connectivity index (χ1n) is 4.63. The summed E-state index contributed by atoms with van der Waals surface area (Å²) in [4.78, 5) is 0. The van der Waals surface area contributed by atoms with Crippen LogP contribution in [0.5, 0.6) is 0 Å². The molecule has 0 saturated carbocycles. The van der Waals surface area contributed by atoms with Crippen molar-refractivity contribution in [3.63, 3.8) is 0 Å². The van der Waals surface area contributed by atoms with E-state index in [0.29, 0.717) is 6.54 Å². The lowest BCUT2D eigenvalue weighted by atomic mass is 10.1. The lowest BCUT2D eigenvalue weighted by Crippen LogP contribution is -2.00. The maximum absolute atomic E-state index is 5.69. The van der Waals surface area contributed by atoms with Crippen molar-refractivity contribution in [2.45, 2.75) is 20.0 Å². The Morgan fingerprint density at radius 3 is 2.85 bits per heavy atom. The number of aromatic nitrogens is 1. The molecule has 0 fully saturated rings. The minimum absolute atomic E-state index is 0.612. The van der Waals surface area contributed by atoms with Crippen LogP contribution in [0.3, 0.4) is 0 Å². The molecule has 2 N–H and O–H groups in total. The van der Waals surface area contributed by atoms with Crippen molar-refractivity contribution in [2.75, 3.05) is 0 Å². The fourth-order valence-electron chi connectivity index (χ4n) is 1.77. The van der Waals surface area contributed by atoms with Gasteiger partial charge >= 0.3 is 0 Å². The number of aryl methyl sites for hydroxylation is 1. The minimum atomic E-state index is 0.612. The van der Waals surface area contributed by atoms with Gasteiger partial charge in [0.1, 0.15) is 0 Å². The predicted molar refractivity (Wildman–Crippen MR) is 55.5 cm³/mol. The molecule has 1 heterocycles. The Labute approximate surface area is 78.0 Å². The van der Waals surface area contributed by atoms with Gasteiger partial charge in [-0.2, -0.15) is 0 Å². The van der Waals surface area contributed by atoms with Crippen molar-refractivity contribution >= 4 is 10.9 Å². The molecule has 68 valence electrons. The third kappa shape index (κ3) is 1.23. The summed E-state index contributed by atoms with van der Waals surface area (Å²) in [5.74, 6) is 0. The highest BCUT2D eigenvalue weighted by Gasteiger charge is 2.02. The van der Waals surface area contributed by atoms with Gasteiger partial charge in [0.2, 0.25) is 0 Å². The van der Waals surface area contributed by atoms with Gasteiger partial charge in [0.05, 0.1) is 5.52 Å². The average Bonchev–Trinajstić information content (AvgIpc) is 2.60. The molecule has 13 heavy (non-hydrogen) atoms. The van der Waals surface area contributed by atoms with Gasteiger partial charge in [-0.15, -0.1) is 0 Å². The van der Waals surface area contributed by atoms with Crippen LogP contribution in [0.2, 0.25) is 0 Å². The molecule has 0 aliphatic rings. The molecule has 1 aromatic heterocycles. The largest absolute Gasteiger partial charge is 0.347 e. The van der Waals surface area contributed by atoms with Crippen molar-refractivity contribution in [1.82, 2.24) is 4.57 Å². The van der Waals surface area contributed by atoms with Crippen molar-refractivity contribution < 1.29 is 0 Å². The summed E-state index contributed by atoms with van der Waals surface area (Å²) in [5.41, 5.74) is 8.20. The van der Waals surface area contributed by atoms with E-state index in [0.717, 1.165) is 6.54 Å². The molecule has 2 aromatic rings. The van der Waals surface area contributed by atoms with Crippen molar-refractivity contribution in [1.29, 1.82) is 0 Å². The van der Waals surface area contributed by atoms with Crippen LogP contribution in [-0.4, -0.2) is 4.57 Å². The Hall–Kier alpha value is -1.28. The van der Waals surface area contributed by atoms with E-state index in [-0.39, 0.29) is 0 Å². The Morgan fingerprint density at radius 2 is 2.15 bits per heavy atom. The lowest BCUT2D eigenvalue weighted by molar-refractivity contribution is 0.792. The Bertz CT molecular complexity index is 415. The summed E-state index contributed by atoms with van der Waals surface area (Å²) in [6.07, 6.45) is 2.11. The smallest absolute Gasteiger partial charge is 0.0525 e. The van der Waals surface area contributed by atoms with E-state index in [1.807, 2.05) is 0 Å². The van der Waals surface area contributed by atoms with E-state index in [4.69, 9.17) is 5.73 Å². The summed E-state index contributed by atoms with van der Waals surface area (Å²) >= 11 is 0. The molecule has 0 atom stereocenters. The zero-order valence-electron chi connectivity index (χ0n) is 7.83. The molecule has 0 amide bonds. The SMILES string of the molecule is CCn1ccc2cccc(CN)c21. The highest BCUT2D eigenvalue weighted by atomic mass is 14.9. The first-order chi connectivity index (χ1) is 6.36. The molecule has 0 unspecified atom stereocenters. The molecule has 0 aliphatic carbocycles. The van der Waals surface area contributed by atoms with Crippen LogP contribution in [-0.2, 0) is 13.1 Å². The van der Waals surface area contributed by atoms with E-state index in [1.54, 1.807) is 0 Å². The quantitative estimate of drug-likeness (QED) is 0.742.